The topological polar surface area (TPSA) is 63.2 Å². The first-order chi connectivity index (χ1) is 15.3. The molecule has 3 rings (SSSR count). The van der Waals surface area contributed by atoms with Gasteiger partial charge in [-0.15, -0.1) is 0 Å². The third-order valence-electron chi connectivity index (χ3n) is 4.93. The van der Waals surface area contributed by atoms with Crippen LogP contribution in [-0.4, -0.2) is 27.3 Å². The number of carbonyl (C=O) groups excluding carboxylic acids is 1. The molecule has 0 aliphatic carbocycles. The highest BCUT2D eigenvalue weighted by molar-refractivity contribution is 6.35. The van der Waals surface area contributed by atoms with Gasteiger partial charge in [-0.3, -0.25) is 4.79 Å². The van der Waals surface area contributed by atoms with Gasteiger partial charge in [0.05, 0.1) is 21.3 Å². The van der Waals surface area contributed by atoms with Crippen LogP contribution >= 0.6 is 23.2 Å². The highest BCUT2D eigenvalue weighted by atomic mass is 35.5. The summed E-state index contributed by atoms with van der Waals surface area (Å²) < 4.78 is 28.6. The molecule has 3 aromatic carbocycles. The minimum Gasteiger partial charge on any atom is -0.497 e. The second-order valence-electron chi connectivity index (χ2n) is 6.91. The number of benzene rings is 3. The molecule has 0 radical (unpaired) electrons. The van der Waals surface area contributed by atoms with Crippen LogP contribution in [-0.2, 0) is 4.79 Å². The van der Waals surface area contributed by atoms with Gasteiger partial charge in [-0.2, -0.15) is 0 Å². The Morgan fingerprint density at radius 1 is 0.875 bits per heavy atom. The van der Waals surface area contributed by atoms with E-state index in [1.807, 2.05) is 19.1 Å². The molecule has 3 aromatic rings. The van der Waals surface area contributed by atoms with Crippen molar-refractivity contribution in [2.45, 2.75) is 26.4 Å². The lowest BCUT2D eigenvalue weighted by Gasteiger charge is -2.24. The molecule has 0 bridgehead atoms. The maximum absolute atomic E-state index is 11.8. The minimum atomic E-state index is -0.498. The van der Waals surface area contributed by atoms with Crippen molar-refractivity contribution >= 4 is 39.9 Å². The Hall–Kier alpha value is -2.83. The Kier molecular flexibility index (Phi) is 7.59. The first kappa shape index (κ1) is 23.8. The van der Waals surface area contributed by atoms with Crippen LogP contribution < -0.4 is 23.7 Å². The summed E-state index contributed by atoms with van der Waals surface area (Å²) in [6.07, 6.45) is 0.221. The third kappa shape index (κ3) is 4.66. The molecule has 0 amide bonds. The van der Waals surface area contributed by atoms with Crippen LogP contribution in [0.4, 0.5) is 0 Å². The Balaban J connectivity index is 2.28. The summed E-state index contributed by atoms with van der Waals surface area (Å²) in [4.78, 5) is 11.8. The van der Waals surface area contributed by atoms with E-state index in [1.54, 1.807) is 31.4 Å². The molecule has 0 heterocycles. The molecule has 6 nitrogen and oxygen atoms in total. The molecule has 0 aliphatic rings. The van der Waals surface area contributed by atoms with Crippen molar-refractivity contribution < 1.29 is 28.5 Å². The molecule has 1 unspecified atom stereocenters. The van der Waals surface area contributed by atoms with Crippen LogP contribution in [0.5, 0.6) is 28.7 Å². The van der Waals surface area contributed by atoms with Crippen molar-refractivity contribution in [1.29, 1.82) is 0 Å². The van der Waals surface area contributed by atoms with Crippen molar-refractivity contribution in [3.05, 3.63) is 52.0 Å². The van der Waals surface area contributed by atoms with E-state index < -0.39 is 12.1 Å². The lowest BCUT2D eigenvalue weighted by atomic mass is 10.0. The number of ether oxygens (including phenoxy) is 5. The normalized spacial score (nSPS) is 11.7. The Bertz CT molecular complexity index is 1150. The number of methoxy groups -OCH3 is 3. The van der Waals surface area contributed by atoms with Crippen LogP contribution in [0.3, 0.4) is 0 Å². The van der Waals surface area contributed by atoms with E-state index in [2.05, 4.69) is 0 Å². The summed E-state index contributed by atoms with van der Waals surface area (Å²) in [6, 6.07) is 10.6. The molecular weight excluding hydrogens is 455 g/mol. The second kappa shape index (κ2) is 10.2. The fraction of sp³-hybridized carbons (Fsp3) is 0.292. The molecule has 1 atom stereocenters. The fourth-order valence-corrected chi connectivity index (χ4v) is 4.02. The largest absolute Gasteiger partial charge is 0.497 e. The van der Waals surface area contributed by atoms with Gasteiger partial charge < -0.3 is 23.7 Å². The molecule has 0 aromatic heterocycles. The van der Waals surface area contributed by atoms with Crippen LogP contribution in [0.2, 0.25) is 10.0 Å². The zero-order valence-electron chi connectivity index (χ0n) is 18.5. The van der Waals surface area contributed by atoms with E-state index in [9.17, 15) is 4.79 Å². The number of esters is 1. The molecule has 0 saturated carbocycles. The van der Waals surface area contributed by atoms with Gasteiger partial charge in [-0.05, 0) is 36.8 Å². The smallest absolute Gasteiger partial charge is 0.308 e. The molecule has 0 aliphatic heterocycles. The van der Waals surface area contributed by atoms with Crippen LogP contribution in [0.15, 0.2) is 36.4 Å². The molecule has 0 fully saturated rings. The predicted molar refractivity (Wildman–Crippen MR) is 125 cm³/mol. The SMILES string of the molecule is CCC(Oc1c(OC)c(OC)c(OC(C)=O)c2cc(OC)ccc12)c1ccc(Cl)cc1Cl. The van der Waals surface area contributed by atoms with Crippen molar-refractivity contribution in [2.24, 2.45) is 0 Å². The van der Waals surface area contributed by atoms with Crippen LogP contribution in [0, 0.1) is 0 Å². The molecule has 8 heteroatoms. The zero-order valence-corrected chi connectivity index (χ0v) is 20.0. The van der Waals surface area contributed by atoms with E-state index in [4.69, 9.17) is 46.9 Å². The molecule has 0 N–H and O–H groups in total. The minimum absolute atomic E-state index is 0.218. The van der Waals surface area contributed by atoms with E-state index in [0.717, 1.165) is 5.56 Å². The summed E-state index contributed by atoms with van der Waals surface area (Å²) >= 11 is 12.5. The Morgan fingerprint density at radius 2 is 1.56 bits per heavy atom. The highest BCUT2D eigenvalue weighted by Gasteiger charge is 2.27. The predicted octanol–water partition coefficient (Wildman–Crippen LogP) is 6.63. The molecule has 0 saturated heterocycles. The maximum atomic E-state index is 11.8. The third-order valence-corrected chi connectivity index (χ3v) is 5.49. The van der Waals surface area contributed by atoms with Gasteiger partial charge in [0.2, 0.25) is 11.5 Å². The summed E-state index contributed by atoms with van der Waals surface area (Å²) in [6.45, 7) is 3.30. The first-order valence-corrected chi connectivity index (χ1v) is 10.7. The van der Waals surface area contributed by atoms with Crippen LogP contribution in [0.25, 0.3) is 10.8 Å². The first-order valence-electron chi connectivity index (χ1n) is 9.90. The van der Waals surface area contributed by atoms with Gasteiger partial charge in [0, 0.05) is 33.3 Å². The van der Waals surface area contributed by atoms with Gasteiger partial charge in [0.25, 0.3) is 0 Å². The summed E-state index contributed by atoms with van der Waals surface area (Å²) in [5, 5.41) is 2.27. The molecular formula is C24H24Cl2O6. The average molecular weight is 479 g/mol. The summed E-state index contributed by atoms with van der Waals surface area (Å²) in [5.74, 6) is 1.26. The van der Waals surface area contributed by atoms with Gasteiger partial charge in [-0.25, -0.2) is 0 Å². The van der Waals surface area contributed by atoms with Gasteiger partial charge in [0.1, 0.15) is 11.9 Å². The number of rotatable bonds is 8. The van der Waals surface area contributed by atoms with Crippen LogP contribution in [0.1, 0.15) is 31.9 Å². The molecule has 0 spiro atoms. The Labute approximate surface area is 196 Å². The van der Waals surface area contributed by atoms with E-state index in [-0.39, 0.29) is 11.5 Å². The second-order valence-corrected chi connectivity index (χ2v) is 7.75. The lowest BCUT2D eigenvalue weighted by molar-refractivity contribution is -0.131. The van der Waals surface area contributed by atoms with Gasteiger partial charge >= 0.3 is 5.97 Å². The van der Waals surface area contributed by atoms with Gasteiger partial charge in [0.15, 0.2) is 11.5 Å². The maximum Gasteiger partial charge on any atom is 0.308 e. The number of hydrogen-bond acceptors (Lipinski definition) is 6. The number of halogens is 2. The van der Waals surface area contributed by atoms with Gasteiger partial charge in [-0.1, -0.05) is 36.2 Å². The summed E-state index contributed by atoms with van der Waals surface area (Å²) in [7, 11) is 4.52. The van der Waals surface area contributed by atoms with Crippen molar-refractivity contribution in [2.75, 3.05) is 21.3 Å². The quantitative estimate of drug-likeness (QED) is 0.267. The highest BCUT2D eigenvalue weighted by Crippen LogP contribution is 2.53. The monoisotopic (exact) mass is 478 g/mol. The number of carbonyl (C=O) groups is 1. The van der Waals surface area contributed by atoms with E-state index >= 15 is 0 Å². The molecule has 32 heavy (non-hydrogen) atoms. The standard InChI is InChI=1S/C24H24Cl2O6/c1-6-20(17-9-7-14(25)11-19(17)26)32-21-16-10-8-15(28-3)12-18(16)22(31-13(2)27)24(30-5)23(21)29-4/h7-12,20H,6H2,1-5H3. The Morgan fingerprint density at radius 3 is 2.12 bits per heavy atom. The summed E-state index contributed by atoms with van der Waals surface area (Å²) in [5.41, 5.74) is 0.783. The van der Waals surface area contributed by atoms with E-state index in [1.165, 1.54) is 21.1 Å². The average Bonchev–Trinajstić information content (AvgIpc) is 2.77. The number of fused-ring (bicyclic) bond motifs is 1. The van der Waals surface area contributed by atoms with E-state index in [0.29, 0.717) is 44.5 Å². The van der Waals surface area contributed by atoms with Crippen molar-refractivity contribution in [3.8, 4) is 28.7 Å². The van der Waals surface area contributed by atoms with Crippen molar-refractivity contribution in [1.82, 2.24) is 0 Å². The number of hydrogen-bond donors (Lipinski definition) is 0. The lowest BCUT2D eigenvalue weighted by Crippen LogP contribution is -2.10. The van der Waals surface area contributed by atoms with Crippen molar-refractivity contribution in [3.63, 3.8) is 0 Å². The molecule has 170 valence electrons. The fourth-order valence-electron chi connectivity index (χ4n) is 3.49. The zero-order chi connectivity index (χ0) is 23.4.